The van der Waals surface area contributed by atoms with Crippen LogP contribution in [0.25, 0.3) is 0 Å². The molecule has 0 radical (unpaired) electrons. The Morgan fingerprint density at radius 3 is 2.70 bits per heavy atom. The van der Waals surface area contributed by atoms with E-state index in [2.05, 4.69) is 5.32 Å². The van der Waals surface area contributed by atoms with Crippen molar-refractivity contribution in [3.8, 4) is 0 Å². The van der Waals surface area contributed by atoms with E-state index in [4.69, 9.17) is 10.8 Å². The minimum absolute atomic E-state index is 0.0424. The van der Waals surface area contributed by atoms with E-state index >= 15 is 0 Å². The third-order valence-corrected chi connectivity index (χ3v) is 3.69. The van der Waals surface area contributed by atoms with Crippen molar-refractivity contribution < 1.29 is 19.5 Å². The van der Waals surface area contributed by atoms with Gasteiger partial charge in [-0.3, -0.25) is 9.59 Å². The molecule has 4 N–H and O–H groups in total. The smallest absolute Gasteiger partial charge is 0.317 e. The van der Waals surface area contributed by atoms with Crippen LogP contribution in [0.1, 0.15) is 32.6 Å². The number of nitrogens with zero attached hydrogens (tertiary/aromatic N) is 1. The van der Waals surface area contributed by atoms with Crippen molar-refractivity contribution in [3.63, 3.8) is 0 Å². The molecule has 20 heavy (non-hydrogen) atoms. The summed E-state index contributed by atoms with van der Waals surface area (Å²) in [4.78, 5) is 35.4. The van der Waals surface area contributed by atoms with E-state index in [0.717, 1.165) is 12.8 Å². The van der Waals surface area contributed by atoms with Gasteiger partial charge in [-0.2, -0.15) is 0 Å². The number of hydrogen-bond acceptors (Lipinski definition) is 3. The van der Waals surface area contributed by atoms with E-state index in [1.807, 2.05) is 6.92 Å². The normalized spacial score (nSPS) is 20.2. The van der Waals surface area contributed by atoms with Gasteiger partial charge in [-0.05, 0) is 18.8 Å². The Morgan fingerprint density at radius 1 is 1.45 bits per heavy atom. The lowest BCUT2D eigenvalue weighted by atomic mass is 9.98. The lowest BCUT2D eigenvalue weighted by molar-refractivity contribution is -0.138. The number of piperidine rings is 1. The molecule has 1 heterocycles. The Hall–Kier alpha value is -1.79. The summed E-state index contributed by atoms with van der Waals surface area (Å²) in [7, 11) is 0. The molecule has 1 aliphatic heterocycles. The fourth-order valence-electron chi connectivity index (χ4n) is 2.35. The molecule has 0 aromatic carbocycles. The van der Waals surface area contributed by atoms with Crippen molar-refractivity contribution in [1.29, 1.82) is 0 Å². The van der Waals surface area contributed by atoms with Crippen molar-refractivity contribution in [2.24, 2.45) is 17.6 Å². The quantitative estimate of drug-likeness (QED) is 0.655. The van der Waals surface area contributed by atoms with E-state index in [9.17, 15) is 14.4 Å². The first-order valence-corrected chi connectivity index (χ1v) is 6.97. The highest BCUT2D eigenvalue weighted by atomic mass is 16.4. The zero-order valence-electron chi connectivity index (χ0n) is 11.8. The molecule has 114 valence electrons. The van der Waals surface area contributed by atoms with Crippen molar-refractivity contribution in [2.75, 3.05) is 19.6 Å². The van der Waals surface area contributed by atoms with Gasteiger partial charge in [-0.25, -0.2) is 4.79 Å². The van der Waals surface area contributed by atoms with Crippen LogP contribution in [0.3, 0.4) is 0 Å². The molecule has 2 atom stereocenters. The Labute approximate surface area is 118 Å². The SMILES string of the molecule is CCC(CNC(=O)N1CCCC(C(N)=O)C1)CC(=O)O. The average Bonchev–Trinajstić information content (AvgIpc) is 2.42. The predicted molar refractivity (Wildman–Crippen MR) is 72.9 cm³/mol. The number of carbonyl (C=O) groups is 3. The fraction of sp³-hybridized carbons (Fsp3) is 0.769. The predicted octanol–water partition coefficient (Wildman–Crippen LogP) is 0.394. The molecular weight excluding hydrogens is 262 g/mol. The molecule has 0 aromatic heterocycles. The van der Waals surface area contributed by atoms with E-state index in [0.29, 0.717) is 26.1 Å². The van der Waals surface area contributed by atoms with E-state index in [1.165, 1.54) is 0 Å². The molecule has 3 amide bonds. The lowest BCUT2D eigenvalue weighted by Gasteiger charge is -2.31. The summed E-state index contributed by atoms with van der Waals surface area (Å²) in [6, 6.07) is -0.250. The number of carbonyl (C=O) groups excluding carboxylic acids is 2. The molecule has 7 nitrogen and oxygen atoms in total. The van der Waals surface area contributed by atoms with Crippen LogP contribution < -0.4 is 11.1 Å². The average molecular weight is 285 g/mol. The molecule has 2 unspecified atom stereocenters. The summed E-state index contributed by atoms with van der Waals surface area (Å²) < 4.78 is 0. The zero-order valence-corrected chi connectivity index (χ0v) is 11.8. The van der Waals surface area contributed by atoms with Crippen molar-refractivity contribution >= 4 is 17.9 Å². The first kappa shape index (κ1) is 16.3. The molecule has 0 aromatic rings. The van der Waals surface area contributed by atoms with Gasteiger partial charge in [0.15, 0.2) is 0 Å². The number of primary amides is 1. The summed E-state index contributed by atoms with van der Waals surface area (Å²) in [5.74, 6) is -1.60. The van der Waals surface area contributed by atoms with Gasteiger partial charge >= 0.3 is 12.0 Å². The van der Waals surface area contributed by atoms with Gasteiger partial charge in [0.05, 0.1) is 5.92 Å². The second kappa shape index (κ2) is 7.72. The third kappa shape index (κ3) is 5.07. The molecule has 0 saturated carbocycles. The van der Waals surface area contributed by atoms with Gasteiger partial charge < -0.3 is 21.1 Å². The number of likely N-dealkylation sites (tertiary alicyclic amines) is 1. The van der Waals surface area contributed by atoms with Crippen molar-refractivity contribution in [3.05, 3.63) is 0 Å². The van der Waals surface area contributed by atoms with Crippen LogP contribution in [-0.4, -0.2) is 47.5 Å². The lowest BCUT2D eigenvalue weighted by Crippen LogP contribution is -2.49. The van der Waals surface area contributed by atoms with Crippen LogP contribution in [0, 0.1) is 11.8 Å². The van der Waals surface area contributed by atoms with Crippen LogP contribution in [0.2, 0.25) is 0 Å². The minimum Gasteiger partial charge on any atom is -0.481 e. The van der Waals surface area contributed by atoms with Gasteiger partial charge in [-0.15, -0.1) is 0 Å². The molecule has 1 fully saturated rings. The number of aliphatic carboxylic acids is 1. The molecule has 1 aliphatic rings. The monoisotopic (exact) mass is 285 g/mol. The summed E-state index contributed by atoms with van der Waals surface area (Å²) in [5, 5.41) is 11.5. The maximum atomic E-state index is 12.0. The maximum Gasteiger partial charge on any atom is 0.317 e. The van der Waals surface area contributed by atoms with Crippen LogP contribution >= 0.6 is 0 Å². The van der Waals surface area contributed by atoms with E-state index in [-0.39, 0.29) is 30.2 Å². The highest BCUT2D eigenvalue weighted by molar-refractivity contribution is 5.79. The summed E-state index contributed by atoms with van der Waals surface area (Å²) in [6.45, 7) is 3.17. The van der Waals surface area contributed by atoms with Gasteiger partial charge in [0.2, 0.25) is 5.91 Å². The molecule has 0 aliphatic carbocycles. The van der Waals surface area contributed by atoms with Crippen molar-refractivity contribution in [2.45, 2.75) is 32.6 Å². The van der Waals surface area contributed by atoms with Gasteiger partial charge in [0.1, 0.15) is 0 Å². The number of amides is 3. The van der Waals surface area contributed by atoms with Crippen LogP contribution in [-0.2, 0) is 9.59 Å². The second-order valence-electron chi connectivity index (χ2n) is 5.25. The largest absolute Gasteiger partial charge is 0.481 e. The fourth-order valence-corrected chi connectivity index (χ4v) is 2.35. The molecule has 7 heteroatoms. The van der Waals surface area contributed by atoms with Crippen LogP contribution in [0.5, 0.6) is 0 Å². The number of nitrogens with one attached hydrogen (secondary N) is 1. The summed E-state index contributed by atoms with van der Waals surface area (Å²) in [5.41, 5.74) is 5.27. The molecular formula is C13H23N3O4. The number of nitrogens with two attached hydrogens (primary N) is 1. The molecule has 0 bridgehead atoms. The molecule has 1 rings (SSSR count). The van der Waals surface area contributed by atoms with E-state index in [1.54, 1.807) is 4.90 Å². The topological polar surface area (TPSA) is 113 Å². The Morgan fingerprint density at radius 2 is 2.15 bits per heavy atom. The number of urea groups is 1. The zero-order chi connectivity index (χ0) is 15.1. The Bertz CT molecular complexity index is 373. The maximum absolute atomic E-state index is 12.0. The van der Waals surface area contributed by atoms with Gasteiger partial charge in [0.25, 0.3) is 0 Å². The summed E-state index contributed by atoms with van der Waals surface area (Å²) in [6.07, 6.45) is 2.21. The molecule has 1 saturated heterocycles. The highest BCUT2D eigenvalue weighted by Crippen LogP contribution is 2.16. The highest BCUT2D eigenvalue weighted by Gasteiger charge is 2.27. The Kier molecular flexibility index (Phi) is 6.27. The number of hydrogen-bond donors (Lipinski definition) is 3. The Balaban J connectivity index is 2.41. The van der Waals surface area contributed by atoms with Crippen LogP contribution in [0.15, 0.2) is 0 Å². The number of carboxylic acids is 1. The first-order valence-electron chi connectivity index (χ1n) is 6.97. The summed E-state index contributed by atoms with van der Waals surface area (Å²) >= 11 is 0. The number of carboxylic acid groups (broad SMARTS) is 1. The van der Waals surface area contributed by atoms with Crippen molar-refractivity contribution in [1.82, 2.24) is 10.2 Å². The third-order valence-electron chi connectivity index (χ3n) is 3.69. The minimum atomic E-state index is -0.863. The number of rotatable bonds is 6. The van der Waals surface area contributed by atoms with E-state index < -0.39 is 5.97 Å². The van der Waals surface area contributed by atoms with Gasteiger partial charge in [-0.1, -0.05) is 13.3 Å². The standard InChI is InChI=1S/C13H23N3O4/c1-2-9(6-11(17)18)7-15-13(20)16-5-3-4-10(8-16)12(14)19/h9-10H,2-8H2,1H3,(H2,14,19)(H,15,20)(H,17,18). The first-order chi connectivity index (χ1) is 9.43. The molecule has 0 spiro atoms. The second-order valence-corrected chi connectivity index (χ2v) is 5.25. The van der Waals surface area contributed by atoms with Gasteiger partial charge in [0, 0.05) is 26.1 Å². The van der Waals surface area contributed by atoms with Crippen LogP contribution in [0.4, 0.5) is 4.79 Å².